The molecule has 1 aliphatic heterocycles. The molecule has 1 aliphatic rings. The van der Waals surface area contributed by atoms with Crippen LogP contribution in [0.4, 0.5) is 5.69 Å². The number of ether oxygens (including phenoxy) is 1. The van der Waals surface area contributed by atoms with Gasteiger partial charge >= 0.3 is 5.97 Å². The van der Waals surface area contributed by atoms with E-state index in [-0.39, 0.29) is 23.2 Å². The van der Waals surface area contributed by atoms with Crippen molar-refractivity contribution in [2.24, 2.45) is 0 Å². The number of anilines is 1. The van der Waals surface area contributed by atoms with Crippen LogP contribution in [-0.2, 0) is 19.7 Å². The zero-order valence-corrected chi connectivity index (χ0v) is 15.3. The van der Waals surface area contributed by atoms with E-state index in [4.69, 9.17) is 4.74 Å². The molecule has 4 heteroatoms. The molecule has 1 amide bonds. The van der Waals surface area contributed by atoms with Gasteiger partial charge in [-0.2, -0.15) is 0 Å². The summed E-state index contributed by atoms with van der Waals surface area (Å²) in [6.45, 7) is 8.54. The fourth-order valence-electron chi connectivity index (χ4n) is 3.40. The van der Waals surface area contributed by atoms with Crippen LogP contribution in [0.2, 0.25) is 0 Å². The van der Waals surface area contributed by atoms with E-state index in [0.717, 1.165) is 42.5 Å². The Morgan fingerprint density at radius 2 is 2.04 bits per heavy atom. The molecule has 0 saturated heterocycles. The molecule has 1 aromatic rings. The van der Waals surface area contributed by atoms with Crippen molar-refractivity contribution in [2.45, 2.75) is 71.1 Å². The highest BCUT2D eigenvalue weighted by molar-refractivity contribution is 5.95. The number of hydrogen-bond donors (Lipinski definition) is 1. The summed E-state index contributed by atoms with van der Waals surface area (Å²) in [4.78, 5) is 24.3. The lowest BCUT2D eigenvalue weighted by Crippen LogP contribution is -2.32. The predicted molar refractivity (Wildman–Crippen MR) is 96.2 cm³/mol. The van der Waals surface area contributed by atoms with E-state index in [1.807, 2.05) is 19.1 Å². The van der Waals surface area contributed by atoms with Crippen LogP contribution in [0.1, 0.15) is 76.8 Å². The van der Waals surface area contributed by atoms with Crippen molar-refractivity contribution in [3.63, 3.8) is 0 Å². The average molecular weight is 331 g/mol. The fourth-order valence-corrected chi connectivity index (χ4v) is 3.40. The van der Waals surface area contributed by atoms with E-state index in [1.165, 1.54) is 0 Å². The number of esters is 1. The minimum atomic E-state index is -0.227. The molecule has 2 rings (SSSR count). The van der Waals surface area contributed by atoms with Crippen LogP contribution in [0, 0.1) is 0 Å². The summed E-state index contributed by atoms with van der Waals surface area (Å²) in [5.74, 6) is -0.327. The molecule has 1 aromatic carbocycles. The number of carbonyl (C=O) groups excluding carboxylic acids is 2. The molecule has 1 N–H and O–H groups in total. The molecular weight excluding hydrogens is 302 g/mol. The van der Waals surface area contributed by atoms with Crippen molar-refractivity contribution in [2.75, 3.05) is 11.9 Å². The van der Waals surface area contributed by atoms with Gasteiger partial charge < -0.3 is 10.1 Å². The van der Waals surface area contributed by atoms with Crippen LogP contribution in [-0.4, -0.2) is 18.5 Å². The van der Waals surface area contributed by atoms with E-state index < -0.39 is 0 Å². The van der Waals surface area contributed by atoms with Gasteiger partial charge in [-0.05, 0) is 30.5 Å². The maximum atomic E-state index is 12.4. The van der Waals surface area contributed by atoms with E-state index in [2.05, 4.69) is 32.2 Å². The Balaban J connectivity index is 2.33. The summed E-state index contributed by atoms with van der Waals surface area (Å²) in [5, 5.41) is 2.93. The Morgan fingerprint density at radius 1 is 1.29 bits per heavy atom. The standard InChI is InChI=1S/C20H29NO3/c1-5-7-8-9-15(19(23)24-6-2)14-10-11-17-16(12-14)20(3,4)13-18(22)21-17/h10-12,15H,5-9,13H2,1-4H3,(H,21,22). The monoisotopic (exact) mass is 331 g/mol. The number of nitrogens with one attached hydrogen (secondary N) is 1. The van der Waals surface area contributed by atoms with E-state index in [0.29, 0.717) is 13.0 Å². The third kappa shape index (κ3) is 4.16. The van der Waals surface area contributed by atoms with Crippen molar-refractivity contribution in [3.05, 3.63) is 29.3 Å². The Labute approximate surface area is 145 Å². The highest BCUT2D eigenvalue weighted by Gasteiger charge is 2.33. The number of benzene rings is 1. The van der Waals surface area contributed by atoms with Crippen LogP contribution >= 0.6 is 0 Å². The van der Waals surface area contributed by atoms with Crippen LogP contribution in [0.3, 0.4) is 0 Å². The highest BCUT2D eigenvalue weighted by atomic mass is 16.5. The normalized spacial score (nSPS) is 16.9. The molecule has 4 nitrogen and oxygen atoms in total. The first-order valence-corrected chi connectivity index (χ1v) is 9.00. The van der Waals surface area contributed by atoms with Gasteiger partial charge in [0.25, 0.3) is 0 Å². The predicted octanol–water partition coefficient (Wildman–Crippen LogP) is 4.53. The molecule has 0 aromatic heterocycles. The number of unbranched alkanes of at least 4 members (excludes halogenated alkanes) is 2. The minimum absolute atomic E-state index is 0.0464. The van der Waals surface area contributed by atoms with Gasteiger partial charge in [0.05, 0.1) is 12.5 Å². The topological polar surface area (TPSA) is 55.4 Å². The smallest absolute Gasteiger partial charge is 0.313 e. The zero-order valence-electron chi connectivity index (χ0n) is 15.3. The van der Waals surface area contributed by atoms with Crippen molar-refractivity contribution < 1.29 is 14.3 Å². The maximum Gasteiger partial charge on any atom is 0.313 e. The van der Waals surface area contributed by atoms with Crippen molar-refractivity contribution in [3.8, 4) is 0 Å². The minimum Gasteiger partial charge on any atom is -0.466 e. The zero-order chi connectivity index (χ0) is 17.7. The molecule has 132 valence electrons. The van der Waals surface area contributed by atoms with Gasteiger partial charge in [0.1, 0.15) is 0 Å². The first-order chi connectivity index (χ1) is 11.4. The van der Waals surface area contributed by atoms with Crippen LogP contribution in [0.25, 0.3) is 0 Å². The summed E-state index contributed by atoms with van der Waals surface area (Å²) in [7, 11) is 0. The molecule has 1 atom stereocenters. The second kappa shape index (κ2) is 7.82. The molecule has 0 saturated carbocycles. The summed E-state index contributed by atoms with van der Waals surface area (Å²) in [5.41, 5.74) is 2.73. The number of fused-ring (bicyclic) bond motifs is 1. The number of carbonyl (C=O) groups is 2. The van der Waals surface area contributed by atoms with E-state index >= 15 is 0 Å². The molecule has 24 heavy (non-hydrogen) atoms. The second-order valence-electron chi connectivity index (χ2n) is 7.21. The fraction of sp³-hybridized carbons (Fsp3) is 0.600. The van der Waals surface area contributed by atoms with Crippen molar-refractivity contribution in [1.82, 2.24) is 0 Å². The lowest BCUT2D eigenvalue weighted by molar-refractivity contribution is -0.145. The van der Waals surface area contributed by atoms with Gasteiger partial charge in [0.15, 0.2) is 0 Å². The number of rotatable bonds is 7. The Bertz CT molecular complexity index is 607. The highest BCUT2D eigenvalue weighted by Crippen LogP contribution is 2.39. The Morgan fingerprint density at radius 3 is 2.71 bits per heavy atom. The summed E-state index contributed by atoms with van der Waals surface area (Å²) >= 11 is 0. The lowest BCUT2D eigenvalue weighted by Gasteiger charge is -2.33. The quantitative estimate of drug-likeness (QED) is 0.590. The Kier molecular flexibility index (Phi) is 6.03. The Hall–Kier alpha value is -1.84. The molecule has 0 spiro atoms. The molecular formula is C20H29NO3. The lowest BCUT2D eigenvalue weighted by atomic mass is 9.76. The second-order valence-corrected chi connectivity index (χ2v) is 7.21. The van der Waals surface area contributed by atoms with Crippen molar-refractivity contribution in [1.29, 1.82) is 0 Å². The largest absolute Gasteiger partial charge is 0.466 e. The maximum absolute atomic E-state index is 12.4. The van der Waals surface area contributed by atoms with Gasteiger partial charge in [0.2, 0.25) is 5.91 Å². The van der Waals surface area contributed by atoms with Crippen LogP contribution in [0.15, 0.2) is 18.2 Å². The molecule has 0 fully saturated rings. The van der Waals surface area contributed by atoms with Crippen LogP contribution < -0.4 is 5.32 Å². The summed E-state index contributed by atoms with van der Waals surface area (Å²) < 4.78 is 5.29. The van der Waals surface area contributed by atoms with Crippen molar-refractivity contribution >= 4 is 17.6 Å². The summed E-state index contributed by atoms with van der Waals surface area (Å²) in [6, 6.07) is 5.96. The van der Waals surface area contributed by atoms with Gasteiger partial charge in [-0.15, -0.1) is 0 Å². The van der Waals surface area contributed by atoms with Gasteiger partial charge in [-0.25, -0.2) is 0 Å². The molecule has 0 aliphatic carbocycles. The van der Waals surface area contributed by atoms with Gasteiger partial charge in [-0.3, -0.25) is 9.59 Å². The SMILES string of the molecule is CCCCCC(C(=O)OCC)c1ccc2c(c1)C(C)(C)CC(=O)N2. The molecule has 0 radical (unpaired) electrons. The molecule has 1 unspecified atom stereocenters. The number of hydrogen-bond acceptors (Lipinski definition) is 3. The first-order valence-electron chi connectivity index (χ1n) is 9.00. The van der Waals surface area contributed by atoms with Crippen LogP contribution in [0.5, 0.6) is 0 Å². The molecule has 0 bridgehead atoms. The van der Waals surface area contributed by atoms with E-state index in [1.54, 1.807) is 0 Å². The summed E-state index contributed by atoms with van der Waals surface area (Å²) in [6.07, 6.45) is 4.51. The average Bonchev–Trinajstić information content (AvgIpc) is 2.51. The van der Waals surface area contributed by atoms with E-state index in [9.17, 15) is 9.59 Å². The van der Waals surface area contributed by atoms with Gasteiger partial charge in [-0.1, -0.05) is 52.2 Å². The first kappa shape index (κ1) is 18.5. The van der Waals surface area contributed by atoms with Gasteiger partial charge in [0, 0.05) is 17.5 Å². The third-order valence-corrected chi connectivity index (χ3v) is 4.72. The third-order valence-electron chi connectivity index (χ3n) is 4.72. The number of amides is 1. The molecule has 1 heterocycles.